The number of ether oxygens (including phenoxy) is 3. The van der Waals surface area contributed by atoms with Crippen LogP contribution in [0.2, 0.25) is 0 Å². The highest BCUT2D eigenvalue weighted by Crippen LogP contribution is 2.34. The molecule has 0 heterocycles. The molecule has 2 rings (SSSR count). The molecule has 24 heavy (non-hydrogen) atoms. The Bertz CT molecular complexity index is 506. The molecule has 1 aliphatic carbocycles. The number of carbonyl (C=O) groups excluding carboxylic acids is 1. The zero-order valence-electron chi connectivity index (χ0n) is 15.1. The van der Waals surface area contributed by atoms with Gasteiger partial charge in [0.15, 0.2) is 0 Å². The molecule has 1 aromatic rings. The second kappa shape index (κ2) is 8.60. The molecule has 0 bridgehead atoms. The third-order valence-electron chi connectivity index (χ3n) is 4.19. The summed E-state index contributed by atoms with van der Waals surface area (Å²) in [6.07, 6.45) is 1.91. The van der Waals surface area contributed by atoms with E-state index in [2.05, 4.69) is 17.4 Å². The summed E-state index contributed by atoms with van der Waals surface area (Å²) >= 11 is 0. The Labute approximate surface area is 144 Å². The topological polar surface area (TPSA) is 56.8 Å². The van der Waals surface area contributed by atoms with Gasteiger partial charge in [-0.25, -0.2) is 0 Å². The molecule has 0 saturated heterocycles. The molecule has 0 radical (unpaired) electrons. The Morgan fingerprint density at radius 2 is 1.92 bits per heavy atom. The Kier molecular flexibility index (Phi) is 6.78. The predicted octanol–water partition coefficient (Wildman–Crippen LogP) is 2.89. The summed E-state index contributed by atoms with van der Waals surface area (Å²) in [5.74, 6) is -0.0131. The van der Waals surface area contributed by atoms with Gasteiger partial charge in [-0.05, 0) is 45.1 Å². The molecule has 1 aromatic carbocycles. The molecule has 1 unspecified atom stereocenters. The van der Waals surface area contributed by atoms with Crippen LogP contribution in [0, 0.1) is 5.92 Å². The van der Waals surface area contributed by atoms with Crippen molar-refractivity contribution in [3.05, 3.63) is 35.9 Å². The van der Waals surface area contributed by atoms with Gasteiger partial charge in [0.1, 0.15) is 6.04 Å². The van der Waals surface area contributed by atoms with Crippen LogP contribution < -0.4 is 5.32 Å². The lowest BCUT2D eigenvalue weighted by Gasteiger charge is -2.39. The fourth-order valence-electron chi connectivity index (χ4n) is 2.72. The molecular weight excluding hydrogens is 306 g/mol. The molecule has 0 amide bonds. The van der Waals surface area contributed by atoms with Crippen molar-refractivity contribution in [2.24, 2.45) is 5.92 Å². The molecule has 1 aliphatic rings. The van der Waals surface area contributed by atoms with Crippen LogP contribution in [0.3, 0.4) is 0 Å². The molecule has 5 nitrogen and oxygen atoms in total. The zero-order valence-corrected chi connectivity index (χ0v) is 15.1. The van der Waals surface area contributed by atoms with Gasteiger partial charge in [-0.3, -0.25) is 10.1 Å². The average molecular weight is 335 g/mol. The highest BCUT2D eigenvalue weighted by molar-refractivity contribution is 5.76. The zero-order chi connectivity index (χ0) is 17.6. The van der Waals surface area contributed by atoms with Crippen LogP contribution in [-0.4, -0.2) is 37.6 Å². The van der Waals surface area contributed by atoms with E-state index >= 15 is 0 Å². The van der Waals surface area contributed by atoms with E-state index in [1.807, 2.05) is 39.0 Å². The lowest BCUT2D eigenvalue weighted by atomic mass is 9.77. The number of rotatable bonds is 8. The quantitative estimate of drug-likeness (QED) is 0.585. The maximum absolute atomic E-state index is 12.0. The van der Waals surface area contributed by atoms with Gasteiger partial charge in [0.05, 0.1) is 32.2 Å². The first-order valence-corrected chi connectivity index (χ1v) is 8.50. The summed E-state index contributed by atoms with van der Waals surface area (Å²) in [5, 5.41) is 3.17. The SMILES string of the molecule is COC(=O)C(NCOC(C)(C)C)C1CC(OCc2ccccc2)C1. The minimum Gasteiger partial charge on any atom is -0.468 e. The van der Waals surface area contributed by atoms with Gasteiger partial charge in [0, 0.05) is 0 Å². The molecule has 1 saturated carbocycles. The normalized spacial score (nSPS) is 21.8. The van der Waals surface area contributed by atoms with Crippen molar-refractivity contribution in [2.75, 3.05) is 13.8 Å². The van der Waals surface area contributed by atoms with Crippen molar-refractivity contribution in [2.45, 2.75) is 58.0 Å². The van der Waals surface area contributed by atoms with Crippen LogP contribution in [0.4, 0.5) is 0 Å². The van der Waals surface area contributed by atoms with Gasteiger partial charge in [-0.15, -0.1) is 0 Å². The van der Waals surface area contributed by atoms with Gasteiger partial charge in [-0.2, -0.15) is 0 Å². The summed E-state index contributed by atoms with van der Waals surface area (Å²) in [6.45, 7) is 6.90. The van der Waals surface area contributed by atoms with Crippen molar-refractivity contribution in [1.29, 1.82) is 0 Å². The van der Waals surface area contributed by atoms with Crippen LogP contribution in [0.5, 0.6) is 0 Å². The van der Waals surface area contributed by atoms with Crippen molar-refractivity contribution in [1.82, 2.24) is 5.32 Å². The van der Waals surface area contributed by atoms with Gasteiger partial charge < -0.3 is 14.2 Å². The van der Waals surface area contributed by atoms with Gasteiger partial charge in [0.25, 0.3) is 0 Å². The van der Waals surface area contributed by atoms with Crippen LogP contribution in [0.15, 0.2) is 30.3 Å². The van der Waals surface area contributed by atoms with Crippen LogP contribution >= 0.6 is 0 Å². The number of esters is 1. The molecular formula is C19H29NO4. The highest BCUT2D eigenvalue weighted by atomic mass is 16.5. The summed E-state index contributed by atoms with van der Waals surface area (Å²) in [7, 11) is 1.42. The summed E-state index contributed by atoms with van der Waals surface area (Å²) in [6, 6.07) is 9.78. The average Bonchev–Trinajstić information content (AvgIpc) is 2.50. The third-order valence-corrected chi connectivity index (χ3v) is 4.19. The molecule has 1 N–H and O–H groups in total. The van der Waals surface area contributed by atoms with E-state index in [1.54, 1.807) is 0 Å². The standard InChI is InChI=1S/C19H29NO4/c1-19(2,3)24-13-20-17(18(21)22-4)15-10-16(11-15)23-12-14-8-6-5-7-9-14/h5-9,15-17,20H,10-13H2,1-4H3. The Balaban J connectivity index is 1.75. The number of benzene rings is 1. The number of carbonyl (C=O) groups is 1. The first-order chi connectivity index (χ1) is 11.4. The summed E-state index contributed by atoms with van der Waals surface area (Å²) in [4.78, 5) is 12.0. The van der Waals surface area contributed by atoms with E-state index in [4.69, 9.17) is 14.2 Å². The molecule has 0 spiro atoms. The van der Waals surface area contributed by atoms with Gasteiger partial charge >= 0.3 is 5.97 Å². The summed E-state index contributed by atoms with van der Waals surface area (Å²) in [5.41, 5.74) is 0.927. The number of methoxy groups -OCH3 is 1. The lowest BCUT2D eigenvalue weighted by molar-refractivity contribution is -0.150. The second-order valence-electron chi connectivity index (χ2n) is 7.26. The minimum absolute atomic E-state index is 0.202. The number of nitrogens with one attached hydrogen (secondary N) is 1. The molecule has 1 fully saturated rings. The Hall–Kier alpha value is -1.43. The fraction of sp³-hybridized carbons (Fsp3) is 0.632. The maximum Gasteiger partial charge on any atom is 0.323 e. The Morgan fingerprint density at radius 1 is 1.25 bits per heavy atom. The largest absolute Gasteiger partial charge is 0.468 e. The van der Waals surface area contributed by atoms with Crippen molar-refractivity contribution in [3.8, 4) is 0 Å². The smallest absolute Gasteiger partial charge is 0.323 e. The Morgan fingerprint density at radius 3 is 2.50 bits per heavy atom. The minimum atomic E-state index is -0.339. The molecule has 0 aliphatic heterocycles. The van der Waals surface area contributed by atoms with Crippen LogP contribution in [-0.2, 0) is 25.6 Å². The van der Waals surface area contributed by atoms with E-state index in [0.29, 0.717) is 13.3 Å². The van der Waals surface area contributed by atoms with E-state index in [-0.39, 0.29) is 29.6 Å². The number of hydrogen-bond donors (Lipinski definition) is 1. The predicted molar refractivity (Wildman–Crippen MR) is 92.4 cm³/mol. The van der Waals surface area contributed by atoms with E-state index < -0.39 is 0 Å². The monoisotopic (exact) mass is 335 g/mol. The van der Waals surface area contributed by atoms with Crippen molar-refractivity contribution >= 4 is 5.97 Å². The summed E-state index contributed by atoms with van der Waals surface area (Å²) < 4.78 is 16.5. The molecule has 5 heteroatoms. The first-order valence-electron chi connectivity index (χ1n) is 8.50. The fourth-order valence-corrected chi connectivity index (χ4v) is 2.72. The van der Waals surface area contributed by atoms with Crippen molar-refractivity contribution in [3.63, 3.8) is 0 Å². The molecule has 0 aromatic heterocycles. The number of hydrogen-bond acceptors (Lipinski definition) is 5. The van der Waals surface area contributed by atoms with Crippen LogP contribution in [0.1, 0.15) is 39.2 Å². The van der Waals surface area contributed by atoms with E-state index in [0.717, 1.165) is 12.8 Å². The molecule has 1 atom stereocenters. The van der Waals surface area contributed by atoms with Gasteiger partial charge in [0.2, 0.25) is 0 Å². The first kappa shape index (κ1) is 18.9. The maximum atomic E-state index is 12.0. The third kappa shape index (κ3) is 5.89. The van der Waals surface area contributed by atoms with E-state index in [9.17, 15) is 4.79 Å². The second-order valence-corrected chi connectivity index (χ2v) is 7.26. The van der Waals surface area contributed by atoms with Gasteiger partial charge in [-0.1, -0.05) is 30.3 Å². The van der Waals surface area contributed by atoms with Crippen molar-refractivity contribution < 1.29 is 19.0 Å². The van der Waals surface area contributed by atoms with Crippen LogP contribution in [0.25, 0.3) is 0 Å². The highest BCUT2D eigenvalue weighted by Gasteiger charge is 2.39. The lowest BCUT2D eigenvalue weighted by Crippen LogP contribution is -2.51. The molecule has 134 valence electrons. The van der Waals surface area contributed by atoms with E-state index in [1.165, 1.54) is 12.7 Å².